The van der Waals surface area contributed by atoms with Crippen molar-refractivity contribution in [1.82, 2.24) is 0 Å². The zero-order valence-electron chi connectivity index (χ0n) is 12.4. The van der Waals surface area contributed by atoms with Crippen molar-refractivity contribution in [3.05, 3.63) is 0 Å². The van der Waals surface area contributed by atoms with Crippen LogP contribution in [0.25, 0.3) is 0 Å². The van der Waals surface area contributed by atoms with Gasteiger partial charge in [-0.25, -0.2) is 0 Å². The monoisotopic (exact) mass is 468 g/mol. The number of ketones is 1. The predicted octanol–water partition coefficient (Wildman–Crippen LogP) is 5.45. The first kappa shape index (κ1) is 19.8. The summed E-state index contributed by atoms with van der Waals surface area (Å²) in [5, 5.41) is 0. The van der Waals surface area contributed by atoms with E-state index in [9.17, 15) is 4.79 Å². The molecule has 0 aliphatic rings. The Balaban J connectivity index is 3.05. The van der Waals surface area contributed by atoms with Gasteiger partial charge in [0.1, 0.15) is 0 Å². The molecule has 0 aromatic carbocycles. The Hall–Kier alpha value is 0.760. The minimum absolute atomic E-state index is 0.132. The van der Waals surface area contributed by atoms with Gasteiger partial charge in [0, 0.05) is 0 Å². The average Bonchev–Trinajstić information content (AvgIpc) is 2.39. The number of hydrogen-bond donors (Lipinski definition) is 1. The van der Waals surface area contributed by atoms with E-state index in [0.29, 0.717) is 6.42 Å². The molecule has 0 saturated heterocycles. The fourth-order valence-corrected chi connectivity index (χ4v) is 2.69. The second kappa shape index (κ2) is 15.2. The van der Waals surface area contributed by atoms with E-state index in [1.807, 2.05) is 0 Å². The maximum atomic E-state index is 11.3. The molecule has 0 aliphatic carbocycles. The zero-order chi connectivity index (χ0) is 14.3. The zero-order valence-corrected chi connectivity index (χ0v) is 15.5. The molecular weight excluding hydrogens is 437 g/mol. The average molecular weight is 468 g/mol. The van der Waals surface area contributed by atoms with Crippen LogP contribution in [0.5, 0.6) is 0 Å². The summed E-state index contributed by atoms with van der Waals surface area (Å²) < 4.78 is -0.132. The molecule has 19 heavy (non-hydrogen) atoms. The molecule has 0 amide bonds. The number of rotatable bonds is 14. The van der Waals surface area contributed by atoms with Crippen molar-refractivity contribution in [2.24, 2.45) is 0 Å². The van der Waals surface area contributed by atoms with Crippen molar-refractivity contribution in [2.45, 2.75) is 93.9 Å². The molecule has 0 aromatic rings. The quantitative estimate of drug-likeness (QED) is 0.204. The van der Waals surface area contributed by atoms with Gasteiger partial charge in [-0.05, 0) is 0 Å². The third kappa shape index (κ3) is 15.0. The van der Waals surface area contributed by atoms with Crippen molar-refractivity contribution >= 4 is 18.4 Å². The fraction of sp³-hybridized carbons (Fsp3) is 0.938. The van der Waals surface area contributed by atoms with Crippen molar-refractivity contribution in [3.63, 3.8) is 0 Å². The minimum atomic E-state index is -0.132. The normalized spacial score (nSPS) is 12.6. The molecule has 0 saturated carbocycles. The van der Waals surface area contributed by atoms with Crippen LogP contribution in [0.4, 0.5) is 0 Å². The molecular formula is C16H31AuOS. The first-order chi connectivity index (χ1) is 9.18. The van der Waals surface area contributed by atoms with Crippen molar-refractivity contribution in [1.29, 1.82) is 0 Å². The first-order valence-corrected chi connectivity index (χ1v) is 9.75. The number of thiol groups is 1. The SMILES string of the molecule is CCCCCCCCCCCCCCC(=O)[CH](S)[Au]. The van der Waals surface area contributed by atoms with Crippen LogP contribution in [-0.2, 0) is 25.9 Å². The number of carbonyl (C=O) groups is 1. The Kier molecular flexibility index (Phi) is 15.8. The molecule has 0 rings (SSSR count). The van der Waals surface area contributed by atoms with Crippen molar-refractivity contribution in [2.75, 3.05) is 0 Å². The molecule has 3 heteroatoms. The molecule has 0 aromatic heterocycles. The van der Waals surface area contributed by atoms with Gasteiger partial charge < -0.3 is 0 Å². The third-order valence-corrected chi connectivity index (χ3v) is 4.50. The molecule has 1 atom stereocenters. The molecule has 0 spiro atoms. The van der Waals surface area contributed by atoms with Crippen molar-refractivity contribution < 1.29 is 25.9 Å². The third-order valence-electron chi connectivity index (χ3n) is 3.52. The van der Waals surface area contributed by atoms with Crippen LogP contribution in [0.1, 0.15) is 90.4 Å². The van der Waals surface area contributed by atoms with Crippen LogP contribution < -0.4 is 0 Å². The van der Waals surface area contributed by atoms with E-state index in [1.54, 1.807) is 0 Å². The Bertz CT molecular complexity index is 207. The molecule has 0 fully saturated rings. The summed E-state index contributed by atoms with van der Waals surface area (Å²) in [4.78, 5) is 11.3. The molecule has 118 valence electrons. The number of carbonyl (C=O) groups excluding carboxylic acids is 1. The number of hydrogen-bond acceptors (Lipinski definition) is 2. The maximum absolute atomic E-state index is 11.3. The van der Waals surface area contributed by atoms with Crippen LogP contribution in [0.2, 0.25) is 0 Å². The summed E-state index contributed by atoms with van der Waals surface area (Å²) in [5.74, 6) is 0.277. The Labute approximate surface area is 138 Å². The van der Waals surface area contributed by atoms with E-state index in [0.717, 1.165) is 6.42 Å². The first-order valence-electron chi connectivity index (χ1n) is 7.99. The van der Waals surface area contributed by atoms with Gasteiger partial charge in [-0.2, -0.15) is 0 Å². The van der Waals surface area contributed by atoms with E-state index >= 15 is 0 Å². The van der Waals surface area contributed by atoms with Crippen LogP contribution in [0, 0.1) is 0 Å². The van der Waals surface area contributed by atoms with Gasteiger partial charge in [-0.15, -0.1) is 0 Å². The van der Waals surface area contributed by atoms with Gasteiger partial charge in [0.25, 0.3) is 0 Å². The summed E-state index contributed by atoms with van der Waals surface area (Å²) >= 11 is 6.39. The van der Waals surface area contributed by atoms with E-state index in [-0.39, 0.29) is 9.25 Å². The van der Waals surface area contributed by atoms with Gasteiger partial charge in [0.05, 0.1) is 0 Å². The van der Waals surface area contributed by atoms with Crippen LogP contribution in [-0.4, -0.2) is 9.25 Å². The van der Waals surface area contributed by atoms with Gasteiger partial charge in [0.2, 0.25) is 0 Å². The Morgan fingerprint density at radius 2 is 1.21 bits per heavy atom. The molecule has 0 aliphatic heterocycles. The summed E-state index contributed by atoms with van der Waals surface area (Å²) in [7, 11) is 0. The second-order valence-corrected chi connectivity index (χ2v) is 8.12. The van der Waals surface area contributed by atoms with Crippen LogP contribution >= 0.6 is 12.6 Å². The molecule has 0 N–H and O–H groups in total. The second-order valence-electron chi connectivity index (χ2n) is 5.40. The van der Waals surface area contributed by atoms with Crippen LogP contribution in [0.3, 0.4) is 0 Å². The van der Waals surface area contributed by atoms with Gasteiger partial charge in [-0.1, -0.05) is 26.2 Å². The van der Waals surface area contributed by atoms with Crippen LogP contribution in [0.15, 0.2) is 0 Å². The van der Waals surface area contributed by atoms with Gasteiger partial charge in [0.15, 0.2) is 0 Å². The Morgan fingerprint density at radius 3 is 1.58 bits per heavy atom. The Morgan fingerprint density at radius 1 is 0.842 bits per heavy atom. The summed E-state index contributed by atoms with van der Waals surface area (Å²) in [6.45, 7) is 2.27. The standard InChI is InChI=1S/C16H31OS.Au/c1-2-3-4-5-6-7-8-9-10-11-12-13-14-16(17)15-18;/h15,18H,2-14H2,1H3;. The van der Waals surface area contributed by atoms with Gasteiger partial charge in [-0.3, -0.25) is 0 Å². The van der Waals surface area contributed by atoms with E-state index in [1.165, 1.54) is 70.6 Å². The molecule has 0 radical (unpaired) electrons. The molecule has 0 heterocycles. The van der Waals surface area contributed by atoms with E-state index < -0.39 is 0 Å². The molecule has 1 unspecified atom stereocenters. The molecule has 1 nitrogen and oxygen atoms in total. The van der Waals surface area contributed by atoms with Crippen molar-refractivity contribution in [3.8, 4) is 0 Å². The summed E-state index contributed by atoms with van der Waals surface area (Å²) in [6, 6.07) is 0. The number of unbranched alkanes of at least 4 members (excludes halogenated alkanes) is 11. The number of Topliss-reactive ketones (excluding diaryl/α,β-unsaturated/α-hetero) is 1. The van der Waals surface area contributed by atoms with E-state index in [2.05, 4.69) is 40.6 Å². The predicted molar refractivity (Wildman–Crippen MR) is 83.5 cm³/mol. The topological polar surface area (TPSA) is 17.1 Å². The van der Waals surface area contributed by atoms with E-state index in [4.69, 9.17) is 0 Å². The fourth-order valence-electron chi connectivity index (χ4n) is 2.25. The van der Waals surface area contributed by atoms with Gasteiger partial charge >= 0.3 is 112 Å². The molecule has 0 bridgehead atoms. The summed E-state index contributed by atoms with van der Waals surface area (Å²) in [5.41, 5.74) is 0. The summed E-state index contributed by atoms with van der Waals surface area (Å²) in [6.07, 6.45) is 16.8.